The first-order chi connectivity index (χ1) is 15.2. The molecule has 0 bridgehead atoms. The maximum absolute atomic E-state index is 4.64. The van der Waals surface area contributed by atoms with Gasteiger partial charge >= 0.3 is 0 Å². The molecule has 0 spiro atoms. The first-order valence-corrected chi connectivity index (χ1v) is 12.5. The van der Waals surface area contributed by atoms with E-state index in [1.807, 2.05) is 36.4 Å². The number of nitrogens with zero attached hydrogens (tertiary/aromatic N) is 2. The largest absolute Gasteiger partial charge is 0.335 e. The molecule has 0 aliphatic carbocycles. The standard InChI is InChI=1S/C27H35N3S/c1-3-26-25(19-24-12-10-17-28-20-24)21-29-27(30-26)31-18-9-7-5-4-6-8-11-23-15-13-22(2)14-16-23/h3,10,12-17,20-21H,4-9,11,18-19H2,1-2H3,(H,29,30)/b26-3+. The zero-order chi connectivity index (χ0) is 21.7. The molecule has 1 aliphatic rings. The Morgan fingerprint density at radius 1 is 0.935 bits per heavy atom. The van der Waals surface area contributed by atoms with Crippen molar-refractivity contribution in [2.75, 3.05) is 5.75 Å². The minimum atomic E-state index is 0.853. The number of aryl methyl sites for hydroxylation is 2. The summed E-state index contributed by atoms with van der Waals surface area (Å²) in [6.07, 6.45) is 17.8. The predicted octanol–water partition coefficient (Wildman–Crippen LogP) is 7.00. The third-order valence-electron chi connectivity index (χ3n) is 5.55. The first kappa shape index (κ1) is 23.3. The summed E-state index contributed by atoms with van der Waals surface area (Å²) in [6, 6.07) is 13.1. The molecule has 0 saturated heterocycles. The van der Waals surface area contributed by atoms with Crippen molar-refractivity contribution in [3.8, 4) is 0 Å². The molecular formula is C27H35N3S. The number of benzene rings is 1. The smallest absolute Gasteiger partial charge is 0.165 e. The van der Waals surface area contributed by atoms with E-state index in [-0.39, 0.29) is 0 Å². The van der Waals surface area contributed by atoms with Crippen molar-refractivity contribution < 1.29 is 0 Å². The minimum Gasteiger partial charge on any atom is -0.335 e. The van der Waals surface area contributed by atoms with Crippen LogP contribution in [0.1, 0.15) is 62.1 Å². The van der Waals surface area contributed by atoms with Crippen LogP contribution in [0.5, 0.6) is 0 Å². The van der Waals surface area contributed by atoms with Crippen molar-refractivity contribution >= 4 is 16.9 Å². The molecule has 1 aliphatic heterocycles. The molecule has 3 nitrogen and oxygen atoms in total. The number of allylic oxidation sites excluding steroid dienone is 2. The quantitative estimate of drug-likeness (QED) is 0.388. The summed E-state index contributed by atoms with van der Waals surface area (Å²) in [5.41, 5.74) is 6.40. The van der Waals surface area contributed by atoms with Crippen LogP contribution in [0.4, 0.5) is 0 Å². The van der Waals surface area contributed by atoms with E-state index < -0.39 is 0 Å². The van der Waals surface area contributed by atoms with Crippen molar-refractivity contribution in [3.63, 3.8) is 0 Å². The van der Waals surface area contributed by atoms with E-state index in [0.29, 0.717) is 0 Å². The Bertz CT molecular complexity index is 882. The maximum atomic E-state index is 4.64. The van der Waals surface area contributed by atoms with Crippen molar-refractivity contribution in [1.29, 1.82) is 0 Å². The van der Waals surface area contributed by atoms with Gasteiger partial charge in [0, 0.05) is 36.5 Å². The van der Waals surface area contributed by atoms with E-state index in [1.165, 1.54) is 67.2 Å². The number of thioether (sulfide) groups is 1. The highest BCUT2D eigenvalue weighted by Gasteiger charge is 2.13. The van der Waals surface area contributed by atoms with Gasteiger partial charge in [0.2, 0.25) is 0 Å². The van der Waals surface area contributed by atoms with Crippen LogP contribution < -0.4 is 5.32 Å². The lowest BCUT2D eigenvalue weighted by Gasteiger charge is -2.19. The lowest BCUT2D eigenvalue weighted by atomic mass is 10.0. The number of unbranched alkanes of at least 4 members (excludes halogenated alkanes) is 5. The summed E-state index contributed by atoms with van der Waals surface area (Å²) in [7, 11) is 0. The summed E-state index contributed by atoms with van der Waals surface area (Å²) in [5.74, 6) is 1.12. The fourth-order valence-electron chi connectivity index (χ4n) is 3.69. The normalized spacial score (nSPS) is 14.8. The molecule has 2 heterocycles. The number of nitrogens with one attached hydrogen (secondary N) is 1. The van der Waals surface area contributed by atoms with Crippen molar-refractivity contribution in [2.45, 2.75) is 65.2 Å². The molecule has 1 aromatic carbocycles. The highest BCUT2D eigenvalue weighted by Crippen LogP contribution is 2.21. The van der Waals surface area contributed by atoms with Crippen LogP contribution in [0.3, 0.4) is 0 Å². The van der Waals surface area contributed by atoms with E-state index in [9.17, 15) is 0 Å². The monoisotopic (exact) mass is 433 g/mol. The van der Waals surface area contributed by atoms with E-state index in [1.54, 1.807) is 0 Å². The third kappa shape index (κ3) is 8.37. The Hall–Kier alpha value is -2.33. The van der Waals surface area contributed by atoms with Crippen LogP contribution in [-0.4, -0.2) is 15.9 Å². The second-order valence-electron chi connectivity index (χ2n) is 8.16. The molecule has 0 unspecified atom stereocenters. The Morgan fingerprint density at radius 2 is 1.71 bits per heavy atom. The average Bonchev–Trinajstić information content (AvgIpc) is 2.80. The molecule has 0 amide bonds. The molecule has 0 atom stereocenters. The molecule has 0 fully saturated rings. The third-order valence-corrected chi connectivity index (χ3v) is 6.52. The van der Waals surface area contributed by atoms with Gasteiger partial charge in [-0.15, -0.1) is 0 Å². The van der Waals surface area contributed by atoms with Crippen molar-refractivity contribution in [2.24, 2.45) is 4.99 Å². The topological polar surface area (TPSA) is 37.3 Å². The highest BCUT2D eigenvalue weighted by molar-refractivity contribution is 8.13. The second kappa shape index (κ2) is 13.2. The lowest BCUT2D eigenvalue weighted by Crippen LogP contribution is -2.24. The minimum absolute atomic E-state index is 0.853. The molecule has 0 radical (unpaired) electrons. The number of pyridine rings is 1. The molecule has 0 saturated carbocycles. The van der Waals surface area contributed by atoms with Gasteiger partial charge in [0.15, 0.2) is 5.17 Å². The lowest BCUT2D eigenvalue weighted by molar-refractivity contribution is 0.609. The van der Waals surface area contributed by atoms with E-state index in [2.05, 4.69) is 65.5 Å². The summed E-state index contributed by atoms with van der Waals surface area (Å²) in [6.45, 7) is 4.22. The number of hydrogen-bond donors (Lipinski definition) is 1. The van der Waals surface area contributed by atoms with Crippen LogP contribution in [0.25, 0.3) is 0 Å². The number of aromatic nitrogens is 1. The summed E-state index contributed by atoms with van der Waals surface area (Å²) in [5, 5.41) is 4.51. The Kier molecular flexibility index (Phi) is 9.91. The number of hydrogen-bond acceptors (Lipinski definition) is 4. The molecule has 1 N–H and O–H groups in total. The number of rotatable bonds is 11. The van der Waals surface area contributed by atoms with Crippen LogP contribution >= 0.6 is 11.8 Å². The summed E-state index contributed by atoms with van der Waals surface area (Å²) < 4.78 is 0. The zero-order valence-corrected chi connectivity index (χ0v) is 19.8. The Morgan fingerprint density at radius 3 is 2.45 bits per heavy atom. The molecule has 2 aromatic rings. The Balaban J connectivity index is 1.28. The summed E-state index contributed by atoms with van der Waals surface area (Å²) >= 11 is 1.83. The number of amidine groups is 1. The molecular weight excluding hydrogens is 398 g/mol. The van der Waals surface area contributed by atoms with Gasteiger partial charge in [-0.25, -0.2) is 4.99 Å². The van der Waals surface area contributed by atoms with E-state index in [4.69, 9.17) is 0 Å². The highest BCUT2D eigenvalue weighted by atomic mass is 32.2. The maximum Gasteiger partial charge on any atom is 0.165 e. The molecule has 3 rings (SSSR count). The molecule has 4 heteroatoms. The van der Waals surface area contributed by atoms with Crippen molar-refractivity contribution in [3.05, 3.63) is 89.0 Å². The fraction of sp³-hybridized carbons (Fsp3) is 0.407. The van der Waals surface area contributed by atoms with E-state index in [0.717, 1.165) is 23.0 Å². The van der Waals surface area contributed by atoms with E-state index >= 15 is 0 Å². The summed E-state index contributed by atoms with van der Waals surface area (Å²) in [4.78, 5) is 8.85. The van der Waals surface area contributed by atoms with Gasteiger partial charge in [-0.05, 0) is 55.9 Å². The fourth-order valence-corrected chi connectivity index (χ4v) is 4.54. The molecule has 164 valence electrons. The zero-order valence-electron chi connectivity index (χ0n) is 18.9. The van der Waals surface area contributed by atoms with Gasteiger partial charge in [-0.3, -0.25) is 4.98 Å². The average molecular weight is 434 g/mol. The first-order valence-electron chi connectivity index (χ1n) is 11.5. The van der Waals surface area contributed by atoms with Crippen molar-refractivity contribution in [1.82, 2.24) is 10.3 Å². The van der Waals surface area contributed by atoms with Gasteiger partial charge in [0.05, 0.1) is 0 Å². The Labute approximate surface area is 192 Å². The van der Waals surface area contributed by atoms with Crippen LogP contribution in [0.15, 0.2) is 77.3 Å². The van der Waals surface area contributed by atoms with Crippen LogP contribution in [0, 0.1) is 6.92 Å². The second-order valence-corrected chi connectivity index (χ2v) is 9.24. The predicted molar refractivity (Wildman–Crippen MR) is 135 cm³/mol. The van der Waals surface area contributed by atoms with Crippen LogP contribution in [-0.2, 0) is 12.8 Å². The molecule has 1 aromatic heterocycles. The van der Waals surface area contributed by atoms with Gasteiger partial charge < -0.3 is 5.32 Å². The van der Waals surface area contributed by atoms with Crippen LogP contribution in [0.2, 0.25) is 0 Å². The van der Waals surface area contributed by atoms with Gasteiger partial charge in [0.1, 0.15) is 0 Å². The SMILES string of the molecule is C/C=C1/NC(SCCCCCCCCc2ccc(C)cc2)=NC=C1Cc1cccnc1. The number of aliphatic imine (C=N–C) groups is 1. The van der Waals surface area contributed by atoms with Gasteiger partial charge in [0.25, 0.3) is 0 Å². The van der Waals surface area contributed by atoms with Gasteiger partial charge in [-0.2, -0.15) is 0 Å². The molecule has 31 heavy (non-hydrogen) atoms. The van der Waals surface area contributed by atoms with Gasteiger partial charge in [-0.1, -0.05) is 79.4 Å².